The summed E-state index contributed by atoms with van der Waals surface area (Å²) in [7, 11) is 3.05. The van der Waals surface area contributed by atoms with E-state index in [0.29, 0.717) is 17.1 Å². The molecule has 0 unspecified atom stereocenters. The molecule has 0 saturated heterocycles. The molecule has 3 rings (SSSR count). The number of benzene rings is 2. The fraction of sp³-hybridized carbons (Fsp3) is 0.238. The third-order valence-electron chi connectivity index (χ3n) is 4.61. The summed E-state index contributed by atoms with van der Waals surface area (Å²) in [6.45, 7) is 1.59. The van der Waals surface area contributed by atoms with Crippen LogP contribution in [-0.4, -0.2) is 35.9 Å². The van der Waals surface area contributed by atoms with Gasteiger partial charge in [-0.2, -0.15) is 0 Å². The highest BCUT2D eigenvalue weighted by molar-refractivity contribution is 6.08. The Morgan fingerprint density at radius 2 is 1.81 bits per heavy atom. The maximum atomic E-state index is 12.7. The number of rotatable bonds is 6. The third kappa shape index (κ3) is 3.38. The van der Waals surface area contributed by atoms with Gasteiger partial charge < -0.3 is 19.5 Å². The number of hydrogen-bond donors (Lipinski definition) is 1. The lowest BCUT2D eigenvalue weighted by Crippen LogP contribution is -2.30. The first-order valence-electron chi connectivity index (χ1n) is 8.48. The first-order valence-corrected chi connectivity index (χ1v) is 8.48. The number of carbonyl (C=O) groups excluding carboxylic acids is 2. The molecule has 0 fully saturated rings. The van der Waals surface area contributed by atoms with E-state index in [9.17, 15) is 14.7 Å². The quantitative estimate of drug-likeness (QED) is 0.849. The number of amides is 1. The second kappa shape index (κ2) is 7.53. The molecule has 1 N–H and O–H groups in total. The molecule has 140 valence electrons. The van der Waals surface area contributed by atoms with Gasteiger partial charge in [-0.15, -0.1) is 0 Å². The predicted octanol–water partition coefficient (Wildman–Crippen LogP) is 3.19. The molecule has 0 bridgehead atoms. The van der Waals surface area contributed by atoms with E-state index in [0.717, 1.165) is 5.56 Å². The zero-order chi connectivity index (χ0) is 19.6. The molecule has 0 radical (unpaired) electrons. The van der Waals surface area contributed by atoms with Crippen LogP contribution in [0.2, 0.25) is 0 Å². The molecule has 1 amide bonds. The topological polar surface area (TPSA) is 76.1 Å². The Balaban J connectivity index is 2.11. The number of Topliss-reactive ketones (excluding diaryl/α,β-unsaturated/α-hetero) is 1. The van der Waals surface area contributed by atoms with Crippen molar-refractivity contribution in [3.8, 4) is 11.5 Å². The fourth-order valence-electron chi connectivity index (χ4n) is 3.32. The van der Waals surface area contributed by atoms with E-state index >= 15 is 0 Å². The minimum absolute atomic E-state index is 0.0689. The molecular formula is C21H21NO5. The van der Waals surface area contributed by atoms with E-state index in [1.54, 1.807) is 25.3 Å². The summed E-state index contributed by atoms with van der Waals surface area (Å²) in [5, 5.41) is 10.4. The summed E-state index contributed by atoms with van der Waals surface area (Å²) in [4.78, 5) is 26.5. The van der Waals surface area contributed by atoms with Crippen molar-refractivity contribution in [3.05, 3.63) is 71.0 Å². The highest BCUT2D eigenvalue weighted by Gasteiger charge is 2.43. The molecule has 2 aromatic carbocycles. The van der Waals surface area contributed by atoms with Crippen LogP contribution in [0.3, 0.4) is 0 Å². The number of methoxy groups -OCH3 is 2. The molecule has 1 aliphatic rings. The Kier molecular flexibility index (Phi) is 5.16. The van der Waals surface area contributed by atoms with Crippen molar-refractivity contribution in [1.29, 1.82) is 0 Å². The maximum absolute atomic E-state index is 12.7. The third-order valence-corrected chi connectivity index (χ3v) is 4.61. The van der Waals surface area contributed by atoms with Crippen LogP contribution in [-0.2, 0) is 16.1 Å². The molecule has 0 aromatic heterocycles. The average molecular weight is 367 g/mol. The minimum Gasteiger partial charge on any atom is -0.503 e. The van der Waals surface area contributed by atoms with E-state index in [1.807, 2.05) is 30.3 Å². The van der Waals surface area contributed by atoms with Crippen molar-refractivity contribution in [1.82, 2.24) is 4.90 Å². The maximum Gasteiger partial charge on any atom is 0.290 e. The molecule has 2 aromatic rings. The lowest BCUT2D eigenvalue weighted by atomic mass is 9.95. The zero-order valence-electron chi connectivity index (χ0n) is 15.4. The lowest BCUT2D eigenvalue weighted by Gasteiger charge is -2.28. The van der Waals surface area contributed by atoms with E-state index in [4.69, 9.17) is 9.47 Å². The minimum atomic E-state index is -0.740. The van der Waals surface area contributed by atoms with Gasteiger partial charge in [0.15, 0.2) is 11.5 Å². The molecule has 1 heterocycles. The van der Waals surface area contributed by atoms with E-state index in [2.05, 4.69) is 0 Å². The van der Waals surface area contributed by atoms with E-state index < -0.39 is 17.7 Å². The highest BCUT2D eigenvalue weighted by atomic mass is 16.5. The van der Waals surface area contributed by atoms with Crippen LogP contribution in [0, 0.1) is 0 Å². The van der Waals surface area contributed by atoms with Crippen LogP contribution in [0.1, 0.15) is 24.1 Å². The van der Waals surface area contributed by atoms with Crippen LogP contribution >= 0.6 is 0 Å². The molecular weight excluding hydrogens is 346 g/mol. The number of ketones is 1. The van der Waals surface area contributed by atoms with Gasteiger partial charge in [0, 0.05) is 18.2 Å². The van der Waals surface area contributed by atoms with Crippen molar-refractivity contribution in [2.75, 3.05) is 14.2 Å². The van der Waals surface area contributed by atoms with E-state index in [1.165, 1.54) is 18.9 Å². The molecule has 1 aliphatic heterocycles. The van der Waals surface area contributed by atoms with Gasteiger partial charge in [-0.05, 0) is 24.6 Å². The van der Waals surface area contributed by atoms with Crippen molar-refractivity contribution in [2.45, 2.75) is 19.5 Å². The Hall–Kier alpha value is -3.28. The van der Waals surface area contributed by atoms with Gasteiger partial charge in [-0.1, -0.05) is 30.3 Å². The van der Waals surface area contributed by atoms with Crippen LogP contribution in [0.25, 0.3) is 0 Å². The van der Waals surface area contributed by atoms with Crippen molar-refractivity contribution in [2.24, 2.45) is 0 Å². The predicted molar refractivity (Wildman–Crippen MR) is 99.6 cm³/mol. The van der Waals surface area contributed by atoms with Crippen LogP contribution in [0.15, 0.2) is 59.9 Å². The Morgan fingerprint density at radius 3 is 2.41 bits per heavy atom. The SMILES string of the molecule is COc1ccc([C@H]2C(C(C)=O)=C(O)C(=O)N2Cc2ccccc2)c(OC)c1. The fourth-order valence-corrected chi connectivity index (χ4v) is 3.32. The van der Waals surface area contributed by atoms with Gasteiger partial charge >= 0.3 is 0 Å². The summed E-state index contributed by atoms with van der Waals surface area (Å²) in [5.74, 6) is -0.390. The largest absolute Gasteiger partial charge is 0.503 e. The van der Waals surface area contributed by atoms with Gasteiger partial charge in [0.25, 0.3) is 5.91 Å². The van der Waals surface area contributed by atoms with Gasteiger partial charge in [0.2, 0.25) is 0 Å². The van der Waals surface area contributed by atoms with Gasteiger partial charge in [0.1, 0.15) is 11.5 Å². The lowest BCUT2D eigenvalue weighted by molar-refractivity contribution is -0.130. The molecule has 0 aliphatic carbocycles. The number of nitrogens with zero attached hydrogens (tertiary/aromatic N) is 1. The second-order valence-electron chi connectivity index (χ2n) is 6.25. The zero-order valence-corrected chi connectivity index (χ0v) is 15.4. The molecule has 6 heteroatoms. The summed E-state index contributed by atoms with van der Waals surface area (Å²) in [5.41, 5.74) is 1.57. The second-order valence-corrected chi connectivity index (χ2v) is 6.25. The smallest absolute Gasteiger partial charge is 0.290 e. The number of carbonyl (C=O) groups is 2. The number of hydrogen-bond acceptors (Lipinski definition) is 5. The van der Waals surface area contributed by atoms with Crippen molar-refractivity contribution in [3.63, 3.8) is 0 Å². The Morgan fingerprint density at radius 1 is 1.11 bits per heavy atom. The number of aliphatic hydroxyl groups is 1. The summed E-state index contributed by atoms with van der Waals surface area (Å²) in [6, 6.07) is 13.8. The van der Waals surface area contributed by atoms with E-state index in [-0.39, 0.29) is 17.9 Å². The normalized spacial score (nSPS) is 16.6. The van der Waals surface area contributed by atoms with Gasteiger partial charge in [0.05, 0.1) is 25.8 Å². The standard InChI is InChI=1S/C21H21NO5/c1-13(23)18-19(16-10-9-15(26-2)11-17(16)27-3)22(21(25)20(18)24)12-14-7-5-4-6-8-14/h4-11,19,24H,12H2,1-3H3/t19-/m0/s1. The van der Waals surface area contributed by atoms with Crippen LogP contribution in [0.4, 0.5) is 0 Å². The summed E-state index contributed by atoms with van der Waals surface area (Å²) in [6.07, 6.45) is 0. The van der Waals surface area contributed by atoms with Crippen LogP contribution < -0.4 is 9.47 Å². The molecule has 27 heavy (non-hydrogen) atoms. The molecule has 0 saturated carbocycles. The highest BCUT2D eigenvalue weighted by Crippen LogP contribution is 2.43. The monoisotopic (exact) mass is 367 g/mol. The van der Waals surface area contributed by atoms with Crippen molar-refractivity contribution >= 4 is 11.7 Å². The van der Waals surface area contributed by atoms with Crippen molar-refractivity contribution < 1.29 is 24.2 Å². The Labute approximate surface area is 157 Å². The first kappa shape index (κ1) is 18.5. The first-order chi connectivity index (χ1) is 13.0. The number of ether oxygens (including phenoxy) is 2. The Bertz CT molecular complexity index is 904. The summed E-state index contributed by atoms with van der Waals surface area (Å²) >= 11 is 0. The van der Waals surface area contributed by atoms with Crippen LogP contribution in [0.5, 0.6) is 11.5 Å². The summed E-state index contributed by atoms with van der Waals surface area (Å²) < 4.78 is 10.7. The molecule has 1 atom stereocenters. The molecule has 0 spiro atoms. The number of aliphatic hydroxyl groups excluding tert-OH is 1. The molecule has 6 nitrogen and oxygen atoms in total. The van der Waals surface area contributed by atoms with Gasteiger partial charge in [-0.25, -0.2) is 0 Å². The van der Waals surface area contributed by atoms with Gasteiger partial charge in [-0.3, -0.25) is 9.59 Å². The average Bonchev–Trinajstić information content (AvgIpc) is 2.93.